The molecule has 0 aliphatic carbocycles. The Bertz CT molecular complexity index is 263. The van der Waals surface area contributed by atoms with Crippen LogP contribution in [0.15, 0.2) is 12.5 Å². The fourth-order valence-corrected chi connectivity index (χ4v) is 1.30. The van der Waals surface area contributed by atoms with Crippen LogP contribution in [-0.2, 0) is 22.6 Å². The number of nitrogens with two attached hydrogens (primary N) is 1. The lowest BCUT2D eigenvalue weighted by Gasteiger charge is -2.06. The molecule has 0 saturated carbocycles. The van der Waals surface area contributed by atoms with Crippen LogP contribution < -0.4 is 5.73 Å². The fraction of sp³-hybridized carbons (Fsp3) is 0.700. The summed E-state index contributed by atoms with van der Waals surface area (Å²) < 4.78 is 12.3. The maximum Gasteiger partial charge on any atom is 0.0948 e. The van der Waals surface area contributed by atoms with Gasteiger partial charge >= 0.3 is 0 Å². The molecular weight excluding hydrogens is 194 g/mol. The molecule has 0 spiro atoms. The summed E-state index contributed by atoms with van der Waals surface area (Å²) in [6, 6.07) is 0. The van der Waals surface area contributed by atoms with Gasteiger partial charge in [-0.1, -0.05) is 0 Å². The second-order valence-corrected chi connectivity index (χ2v) is 3.24. The first-order valence-electron chi connectivity index (χ1n) is 5.14. The highest BCUT2D eigenvalue weighted by molar-refractivity contribution is 4.96. The van der Waals surface area contributed by atoms with Crippen molar-refractivity contribution in [2.75, 3.05) is 26.9 Å². The molecule has 0 aliphatic heterocycles. The van der Waals surface area contributed by atoms with E-state index in [9.17, 15) is 0 Å². The first-order chi connectivity index (χ1) is 7.38. The van der Waals surface area contributed by atoms with Crippen molar-refractivity contribution in [3.8, 4) is 0 Å². The van der Waals surface area contributed by atoms with Gasteiger partial charge < -0.3 is 19.8 Å². The first-order valence-corrected chi connectivity index (χ1v) is 5.14. The molecule has 15 heavy (non-hydrogen) atoms. The van der Waals surface area contributed by atoms with Crippen LogP contribution in [0, 0.1) is 0 Å². The van der Waals surface area contributed by atoms with Gasteiger partial charge in [-0.05, 0) is 6.42 Å². The summed E-state index contributed by atoms with van der Waals surface area (Å²) in [5.41, 5.74) is 6.62. The van der Waals surface area contributed by atoms with Gasteiger partial charge in [0, 0.05) is 33.0 Å². The van der Waals surface area contributed by atoms with Gasteiger partial charge in [-0.3, -0.25) is 0 Å². The molecule has 1 aromatic rings. The molecule has 1 aromatic heterocycles. The smallest absolute Gasteiger partial charge is 0.0948 e. The molecule has 0 unspecified atom stereocenters. The number of aryl methyl sites for hydroxylation is 1. The SMILES string of the molecule is COCCOCCCn1cncc1CN. The van der Waals surface area contributed by atoms with Crippen LogP contribution in [0.2, 0.25) is 0 Å². The molecule has 0 radical (unpaired) electrons. The van der Waals surface area contributed by atoms with Crippen molar-refractivity contribution in [1.82, 2.24) is 9.55 Å². The zero-order valence-electron chi connectivity index (χ0n) is 9.19. The monoisotopic (exact) mass is 213 g/mol. The van der Waals surface area contributed by atoms with Crippen molar-refractivity contribution >= 4 is 0 Å². The standard InChI is InChI=1S/C10H19N3O2/c1-14-5-6-15-4-2-3-13-9-12-8-10(13)7-11/h8-9H,2-7,11H2,1H3. The lowest BCUT2D eigenvalue weighted by molar-refractivity contribution is 0.0679. The number of nitrogens with zero attached hydrogens (tertiary/aromatic N) is 2. The average Bonchev–Trinajstić information content (AvgIpc) is 2.70. The van der Waals surface area contributed by atoms with E-state index in [2.05, 4.69) is 9.55 Å². The second kappa shape index (κ2) is 7.39. The van der Waals surface area contributed by atoms with E-state index in [1.165, 1.54) is 0 Å². The zero-order valence-corrected chi connectivity index (χ0v) is 9.19. The number of hydrogen-bond acceptors (Lipinski definition) is 4. The van der Waals surface area contributed by atoms with Gasteiger partial charge in [-0.2, -0.15) is 0 Å². The van der Waals surface area contributed by atoms with Gasteiger partial charge in [0.25, 0.3) is 0 Å². The van der Waals surface area contributed by atoms with Crippen molar-refractivity contribution in [2.24, 2.45) is 5.73 Å². The Morgan fingerprint density at radius 3 is 3.00 bits per heavy atom. The molecule has 0 aromatic carbocycles. The van der Waals surface area contributed by atoms with Crippen molar-refractivity contribution in [3.63, 3.8) is 0 Å². The largest absolute Gasteiger partial charge is 0.382 e. The second-order valence-electron chi connectivity index (χ2n) is 3.24. The molecule has 0 atom stereocenters. The van der Waals surface area contributed by atoms with Crippen LogP contribution in [-0.4, -0.2) is 36.5 Å². The lowest BCUT2D eigenvalue weighted by atomic mass is 10.4. The average molecular weight is 213 g/mol. The van der Waals surface area contributed by atoms with Crippen LogP contribution in [0.4, 0.5) is 0 Å². The van der Waals surface area contributed by atoms with Crippen molar-refractivity contribution in [1.29, 1.82) is 0 Å². The number of aromatic nitrogens is 2. The molecule has 5 heteroatoms. The molecule has 0 amide bonds. The Morgan fingerprint density at radius 1 is 1.40 bits per heavy atom. The highest BCUT2D eigenvalue weighted by Gasteiger charge is 1.98. The molecule has 2 N–H and O–H groups in total. The normalized spacial score (nSPS) is 10.8. The van der Waals surface area contributed by atoms with E-state index in [1.807, 2.05) is 0 Å². The summed E-state index contributed by atoms with van der Waals surface area (Å²) in [6.07, 6.45) is 4.57. The Morgan fingerprint density at radius 2 is 2.27 bits per heavy atom. The van der Waals surface area contributed by atoms with Crippen molar-refractivity contribution < 1.29 is 9.47 Å². The fourth-order valence-electron chi connectivity index (χ4n) is 1.30. The number of hydrogen-bond donors (Lipinski definition) is 1. The maximum atomic E-state index is 5.56. The summed E-state index contributed by atoms with van der Waals surface area (Å²) >= 11 is 0. The molecule has 0 aliphatic rings. The Balaban J connectivity index is 2.09. The Labute approximate surface area is 90.2 Å². The predicted octanol–water partition coefficient (Wildman–Crippen LogP) is 0.395. The minimum atomic E-state index is 0.532. The van der Waals surface area contributed by atoms with E-state index >= 15 is 0 Å². The van der Waals surface area contributed by atoms with E-state index in [-0.39, 0.29) is 0 Å². The van der Waals surface area contributed by atoms with E-state index < -0.39 is 0 Å². The topological polar surface area (TPSA) is 62.3 Å². The third-order valence-electron chi connectivity index (χ3n) is 2.13. The summed E-state index contributed by atoms with van der Waals surface area (Å²) in [5.74, 6) is 0. The van der Waals surface area contributed by atoms with Crippen molar-refractivity contribution in [2.45, 2.75) is 19.5 Å². The van der Waals surface area contributed by atoms with Crippen LogP contribution in [0.25, 0.3) is 0 Å². The van der Waals surface area contributed by atoms with Crippen molar-refractivity contribution in [3.05, 3.63) is 18.2 Å². The number of methoxy groups -OCH3 is 1. The van der Waals surface area contributed by atoms with E-state index in [1.54, 1.807) is 19.6 Å². The number of rotatable bonds is 8. The molecule has 0 fully saturated rings. The zero-order chi connectivity index (χ0) is 10.9. The minimum absolute atomic E-state index is 0.532. The Hall–Kier alpha value is -0.910. The van der Waals surface area contributed by atoms with E-state index in [0.29, 0.717) is 19.8 Å². The molecule has 0 saturated heterocycles. The summed E-state index contributed by atoms with van der Waals surface area (Å²) in [6.45, 7) is 3.49. The number of ether oxygens (including phenoxy) is 2. The quantitative estimate of drug-likeness (QED) is 0.635. The molecular formula is C10H19N3O2. The molecule has 5 nitrogen and oxygen atoms in total. The van der Waals surface area contributed by atoms with Gasteiger partial charge in [0.05, 0.1) is 25.2 Å². The minimum Gasteiger partial charge on any atom is -0.382 e. The predicted molar refractivity (Wildman–Crippen MR) is 57.4 cm³/mol. The van der Waals surface area contributed by atoms with E-state index in [0.717, 1.165) is 25.3 Å². The highest BCUT2D eigenvalue weighted by Crippen LogP contribution is 1.99. The molecule has 1 rings (SSSR count). The van der Waals surface area contributed by atoms with Gasteiger partial charge in [-0.15, -0.1) is 0 Å². The third-order valence-corrected chi connectivity index (χ3v) is 2.13. The third kappa shape index (κ3) is 4.42. The van der Waals surface area contributed by atoms with Gasteiger partial charge in [0.1, 0.15) is 0 Å². The van der Waals surface area contributed by atoms with Crippen LogP contribution in [0.5, 0.6) is 0 Å². The molecule has 1 heterocycles. The highest BCUT2D eigenvalue weighted by atomic mass is 16.5. The molecule has 86 valence electrons. The number of imidazole rings is 1. The van der Waals surface area contributed by atoms with Crippen LogP contribution >= 0.6 is 0 Å². The summed E-state index contributed by atoms with van der Waals surface area (Å²) in [4.78, 5) is 4.04. The first kappa shape index (κ1) is 12.2. The van der Waals surface area contributed by atoms with Gasteiger partial charge in [0.2, 0.25) is 0 Å². The van der Waals surface area contributed by atoms with Crippen LogP contribution in [0.3, 0.4) is 0 Å². The van der Waals surface area contributed by atoms with E-state index in [4.69, 9.17) is 15.2 Å². The van der Waals surface area contributed by atoms with Gasteiger partial charge in [-0.25, -0.2) is 4.98 Å². The summed E-state index contributed by atoms with van der Waals surface area (Å²) in [5, 5.41) is 0. The van der Waals surface area contributed by atoms with Gasteiger partial charge in [0.15, 0.2) is 0 Å². The lowest BCUT2D eigenvalue weighted by Crippen LogP contribution is -2.09. The summed E-state index contributed by atoms with van der Waals surface area (Å²) in [7, 11) is 1.67. The maximum absolute atomic E-state index is 5.56. The molecule has 0 bridgehead atoms. The Kier molecular flexibility index (Phi) is 5.99. The van der Waals surface area contributed by atoms with Crippen LogP contribution in [0.1, 0.15) is 12.1 Å².